The summed E-state index contributed by atoms with van der Waals surface area (Å²) in [4.78, 5) is 0.881. The highest BCUT2D eigenvalue weighted by Gasteiger charge is 2.42. The van der Waals surface area contributed by atoms with E-state index in [1.165, 1.54) is 60.8 Å². The molecule has 0 saturated carbocycles. The fourth-order valence-electron chi connectivity index (χ4n) is 6.51. The summed E-state index contributed by atoms with van der Waals surface area (Å²) in [5.41, 5.74) is 5.47. The van der Waals surface area contributed by atoms with E-state index in [0.717, 1.165) is 53.1 Å². The summed E-state index contributed by atoms with van der Waals surface area (Å²) in [5, 5.41) is 0.122. The van der Waals surface area contributed by atoms with E-state index in [2.05, 4.69) is 114 Å². The molecule has 0 bridgehead atoms. The quantitative estimate of drug-likeness (QED) is 0.131. The lowest BCUT2D eigenvalue weighted by molar-refractivity contribution is 0.0706. The summed E-state index contributed by atoms with van der Waals surface area (Å²) in [6, 6.07) is 8.15. The van der Waals surface area contributed by atoms with Crippen LogP contribution in [-0.2, 0) is 17.2 Å². The molecule has 2 aromatic rings. The van der Waals surface area contributed by atoms with Crippen molar-refractivity contribution in [1.29, 1.82) is 0 Å². The van der Waals surface area contributed by atoms with Gasteiger partial charge >= 0.3 is 0 Å². The molecule has 0 fully saturated rings. The Morgan fingerprint density at radius 1 is 0.915 bits per heavy atom. The lowest BCUT2D eigenvalue weighted by Crippen LogP contribution is -2.45. The Hall–Kier alpha value is -1.85. The average Bonchev–Trinajstić information content (AvgIpc) is 2.97. The first-order valence-electron chi connectivity index (χ1n) is 18.5. The van der Waals surface area contributed by atoms with Gasteiger partial charge in [-0.05, 0) is 112 Å². The summed E-state index contributed by atoms with van der Waals surface area (Å²) in [6.45, 7) is 29.6. The molecule has 264 valence electrons. The molecule has 0 aromatic heterocycles. The molecular weight excluding hydrogens is 613 g/mol. The van der Waals surface area contributed by atoms with Crippen molar-refractivity contribution < 1.29 is 13.4 Å². The molecule has 47 heavy (non-hydrogen) atoms. The number of benzene rings is 2. The molecule has 0 amide bonds. The normalized spacial score (nSPS) is 19.0. The predicted octanol–water partition coefficient (Wildman–Crippen LogP) is 12.4. The number of hydrogen-bond donors (Lipinski definition) is 0. The first kappa shape index (κ1) is 39.6. The molecule has 3 unspecified atom stereocenters. The zero-order chi connectivity index (χ0) is 35.2. The minimum absolute atomic E-state index is 0.122. The van der Waals surface area contributed by atoms with Gasteiger partial charge in [0.1, 0.15) is 17.1 Å². The van der Waals surface area contributed by atoms with Crippen molar-refractivity contribution in [2.75, 3.05) is 5.75 Å². The van der Waals surface area contributed by atoms with Gasteiger partial charge in [0.05, 0.1) is 16.6 Å². The van der Waals surface area contributed by atoms with Crippen LogP contribution < -0.4 is 9.16 Å². The summed E-state index contributed by atoms with van der Waals surface area (Å²) in [7, 11) is -3.17. The van der Waals surface area contributed by atoms with E-state index < -0.39 is 24.7 Å². The van der Waals surface area contributed by atoms with Crippen LogP contribution in [0.2, 0.25) is 18.1 Å². The Labute approximate surface area is 293 Å². The molecule has 4 atom stereocenters. The second kappa shape index (κ2) is 16.7. The van der Waals surface area contributed by atoms with Crippen LogP contribution in [0.5, 0.6) is 11.5 Å². The van der Waals surface area contributed by atoms with Gasteiger partial charge in [0.25, 0.3) is 8.32 Å². The molecule has 0 N–H and O–H groups in total. The fraction of sp³-hybridized carbons (Fsp3) is 0.667. The van der Waals surface area contributed by atoms with E-state index in [1.807, 2.05) is 12.1 Å². The van der Waals surface area contributed by atoms with Crippen LogP contribution in [0.3, 0.4) is 0 Å². The van der Waals surface area contributed by atoms with E-state index in [4.69, 9.17) is 9.16 Å². The van der Waals surface area contributed by atoms with Crippen LogP contribution >= 0.6 is 0 Å². The van der Waals surface area contributed by atoms with Gasteiger partial charge in [-0.3, -0.25) is 4.21 Å². The van der Waals surface area contributed by atoms with Crippen molar-refractivity contribution in [2.45, 2.75) is 163 Å². The maximum absolute atomic E-state index is 13.9. The molecule has 0 saturated heterocycles. The first-order chi connectivity index (χ1) is 21.9. The average molecular weight is 681 g/mol. The van der Waals surface area contributed by atoms with Crippen LogP contribution in [0.1, 0.15) is 128 Å². The van der Waals surface area contributed by atoms with Crippen LogP contribution in [0.15, 0.2) is 41.3 Å². The smallest absolute Gasteiger partial charge is 0.250 e. The largest absolute Gasteiger partial charge is 0.543 e. The molecule has 0 spiro atoms. The monoisotopic (exact) mass is 680 g/mol. The topological polar surface area (TPSA) is 35.5 Å². The van der Waals surface area contributed by atoms with Gasteiger partial charge in [0.2, 0.25) is 0 Å². The zero-order valence-electron chi connectivity index (χ0n) is 32.4. The van der Waals surface area contributed by atoms with Gasteiger partial charge in [-0.15, -0.1) is 0 Å². The van der Waals surface area contributed by atoms with Crippen molar-refractivity contribution in [3.63, 3.8) is 0 Å². The molecule has 2 aromatic carbocycles. The fourth-order valence-corrected chi connectivity index (χ4v) is 9.04. The maximum atomic E-state index is 13.9. The second-order valence-electron chi connectivity index (χ2n) is 16.9. The van der Waals surface area contributed by atoms with E-state index in [1.54, 1.807) is 0 Å². The molecule has 0 aliphatic carbocycles. The summed E-state index contributed by atoms with van der Waals surface area (Å²) in [6.07, 6.45) is 15.1. The minimum Gasteiger partial charge on any atom is -0.543 e. The Morgan fingerprint density at radius 2 is 1.53 bits per heavy atom. The third kappa shape index (κ3) is 10.8. The van der Waals surface area contributed by atoms with Crippen LogP contribution in [0.4, 0.5) is 0 Å². The van der Waals surface area contributed by atoms with E-state index in [9.17, 15) is 4.21 Å². The molecule has 3 nitrogen and oxygen atoms in total. The molecule has 5 heteroatoms. The first-order valence-corrected chi connectivity index (χ1v) is 22.7. The third-order valence-corrected chi connectivity index (χ3v) is 17.0. The van der Waals surface area contributed by atoms with Gasteiger partial charge in [-0.25, -0.2) is 0 Å². The maximum Gasteiger partial charge on any atom is 0.250 e. The summed E-state index contributed by atoms with van der Waals surface area (Å²) in [5.74, 6) is 4.67. The number of ether oxygens (including phenoxy) is 1. The number of rotatable bonds is 16. The van der Waals surface area contributed by atoms with Gasteiger partial charge in [-0.2, -0.15) is 0 Å². The Bertz CT molecular complexity index is 1370. The highest BCUT2D eigenvalue weighted by molar-refractivity contribution is 7.85. The number of aryl methyl sites for hydroxylation is 1. The third-order valence-electron chi connectivity index (χ3n) is 11.1. The minimum atomic E-state index is -2.01. The number of allylic oxidation sites excluding steroid dienone is 1. The van der Waals surface area contributed by atoms with Gasteiger partial charge in [0, 0.05) is 16.9 Å². The SMILES string of the molecule is Cc1ccc(S(=O)C[C@@]2(C/C=C/C(C)CCCC(C)CCCC(C)C)CCc3c(C)c(O[Si](C)(C)C(C)(C)C)c(C)c(C)c3O2)cc1. The molecule has 1 aliphatic heterocycles. The van der Waals surface area contributed by atoms with Crippen molar-refractivity contribution in [3.05, 3.63) is 64.2 Å². The zero-order valence-corrected chi connectivity index (χ0v) is 34.2. The van der Waals surface area contributed by atoms with Gasteiger partial charge < -0.3 is 9.16 Å². The van der Waals surface area contributed by atoms with Crippen LogP contribution in [0.25, 0.3) is 0 Å². The standard InChI is InChI=1S/C42H68O3SSi/c1-30(2)17-14-18-31(3)19-15-20-32(4)21-16-27-42(29-46(43)37-24-22-33(5)23-25-37)28-26-38-36(8)39(34(6)35(7)40(38)44-42)45-47(12,13)41(9,10)11/h16,21-25,30-32H,14-15,17-20,26-29H2,1-13H3/b21-16+/t31?,32?,42-,46?/m1/s1. The number of hydrogen-bond acceptors (Lipinski definition) is 3. The van der Waals surface area contributed by atoms with E-state index in [0.29, 0.717) is 11.7 Å². The molecule has 1 heterocycles. The van der Waals surface area contributed by atoms with Crippen LogP contribution in [0, 0.1) is 45.4 Å². The number of fused-ring (bicyclic) bond motifs is 1. The highest BCUT2D eigenvalue weighted by Crippen LogP contribution is 2.47. The van der Waals surface area contributed by atoms with Gasteiger partial charge in [-0.1, -0.05) is 110 Å². The lowest BCUT2D eigenvalue weighted by atomic mass is 9.85. The molecule has 0 radical (unpaired) electrons. The van der Waals surface area contributed by atoms with E-state index in [-0.39, 0.29) is 5.04 Å². The lowest BCUT2D eigenvalue weighted by Gasteiger charge is -2.42. The molecular formula is C42H68O3SSi. The summed E-state index contributed by atoms with van der Waals surface area (Å²) < 4.78 is 28.0. The second-order valence-corrected chi connectivity index (χ2v) is 23.1. The molecule has 3 rings (SSSR count). The Balaban J connectivity index is 1.82. The Morgan fingerprint density at radius 3 is 2.13 bits per heavy atom. The van der Waals surface area contributed by atoms with E-state index >= 15 is 0 Å². The molecule has 1 aliphatic rings. The van der Waals surface area contributed by atoms with Gasteiger partial charge in [0.15, 0.2) is 0 Å². The van der Waals surface area contributed by atoms with Crippen LogP contribution in [-0.4, -0.2) is 23.9 Å². The summed E-state index contributed by atoms with van der Waals surface area (Å²) >= 11 is 0. The van der Waals surface area contributed by atoms with Crippen molar-refractivity contribution in [1.82, 2.24) is 0 Å². The highest BCUT2D eigenvalue weighted by atomic mass is 32.2. The Kier molecular flexibility index (Phi) is 14.1. The van der Waals surface area contributed by atoms with Crippen molar-refractivity contribution >= 4 is 19.1 Å². The van der Waals surface area contributed by atoms with Crippen molar-refractivity contribution in [2.24, 2.45) is 17.8 Å². The van der Waals surface area contributed by atoms with Crippen molar-refractivity contribution in [3.8, 4) is 11.5 Å². The predicted molar refractivity (Wildman–Crippen MR) is 207 cm³/mol.